The Kier molecular flexibility index (Phi) is 3.20. The number of aliphatic carboxylic acids is 1. The minimum atomic E-state index is -1.05. The molecule has 96 valence electrons. The molecule has 1 aromatic rings. The van der Waals surface area contributed by atoms with E-state index in [0.717, 1.165) is 0 Å². The summed E-state index contributed by atoms with van der Waals surface area (Å²) in [5.41, 5.74) is 6.13. The second kappa shape index (κ2) is 4.66. The number of methoxy groups -OCH3 is 1. The van der Waals surface area contributed by atoms with Gasteiger partial charge in [0.25, 0.3) is 0 Å². The molecule has 6 nitrogen and oxygen atoms in total. The van der Waals surface area contributed by atoms with E-state index in [1.165, 1.54) is 12.0 Å². The molecule has 1 saturated heterocycles. The van der Waals surface area contributed by atoms with Crippen LogP contribution in [0.2, 0.25) is 0 Å². The number of ether oxygens (including phenoxy) is 1. The Labute approximate surface area is 104 Å². The van der Waals surface area contributed by atoms with E-state index < -0.39 is 18.1 Å². The van der Waals surface area contributed by atoms with Crippen LogP contribution in [0.15, 0.2) is 24.3 Å². The number of hydrogen-bond donors (Lipinski definition) is 2. The van der Waals surface area contributed by atoms with Gasteiger partial charge in [-0.15, -0.1) is 0 Å². The molecule has 3 N–H and O–H groups in total. The van der Waals surface area contributed by atoms with E-state index in [1.54, 1.807) is 24.3 Å². The van der Waals surface area contributed by atoms with E-state index in [2.05, 4.69) is 0 Å². The number of carboxylic acid groups (broad SMARTS) is 1. The molecule has 1 aliphatic heterocycles. The Morgan fingerprint density at radius 2 is 2.06 bits per heavy atom. The Hall–Kier alpha value is -2.08. The first kappa shape index (κ1) is 12.4. The minimum absolute atomic E-state index is 0.125. The lowest BCUT2D eigenvalue weighted by atomic mass is 10.2. The molecule has 6 heteroatoms. The highest BCUT2D eigenvalue weighted by atomic mass is 16.5. The van der Waals surface area contributed by atoms with E-state index >= 15 is 0 Å². The third-order valence-corrected chi connectivity index (χ3v) is 2.98. The van der Waals surface area contributed by atoms with Gasteiger partial charge < -0.3 is 15.6 Å². The van der Waals surface area contributed by atoms with Gasteiger partial charge in [0.2, 0.25) is 5.91 Å². The number of amides is 1. The van der Waals surface area contributed by atoms with Gasteiger partial charge in [-0.3, -0.25) is 9.69 Å². The number of carbonyl (C=O) groups is 2. The van der Waals surface area contributed by atoms with Crippen molar-refractivity contribution in [1.29, 1.82) is 0 Å². The van der Waals surface area contributed by atoms with Crippen molar-refractivity contribution in [2.24, 2.45) is 5.73 Å². The molecule has 0 saturated carbocycles. The van der Waals surface area contributed by atoms with E-state index in [1.807, 2.05) is 0 Å². The van der Waals surface area contributed by atoms with Crippen LogP contribution in [0.3, 0.4) is 0 Å². The van der Waals surface area contributed by atoms with Crippen molar-refractivity contribution >= 4 is 17.6 Å². The predicted molar refractivity (Wildman–Crippen MR) is 64.5 cm³/mol. The topological polar surface area (TPSA) is 92.9 Å². The highest BCUT2D eigenvalue weighted by molar-refractivity contribution is 6.05. The van der Waals surface area contributed by atoms with E-state index in [0.29, 0.717) is 11.4 Å². The van der Waals surface area contributed by atoms with Gasteiger partial charge in [0, 0.05) is 12.1 Å². The molecule has 0 radical (unpaired) electrons. The number of benzene rings is 1. The lowest BCUT2D eigenvalue weighted by molar-refractivity contribution is -0.138. The van der Waals surface area contributed by atoms with Crippen molar-refractivity contribution < 1.29 is 19.4 Å². The van der Waals surface area contributed by atoms with E-state index in [4.69, 9.17) is 15.6 Å². The standard InChI is InChI=1S/C12H14N2O4/c1-18-8-4-2-7(3-5-8)14-10(12(16)17)6-9(13)11(14)15/h2-5,9-10H,6,13H2,1H3,(H,16,17)/t9-,10+/m0/s1. The monoisotopic (exact) mass is 250 g/mol. The maximum absolute atomic E-state index is 11.9. The summed E-state index contributed by atoms with van der Waals surface area (Å²) >= 11 is 0. The number of nitrogens with zero attached hydrogens (tertiary/aromatic N) is 1. The predicted octanol–water partition coefficient (Wildman–Crippen LogP) is 0.212. The van der Waals surface area contributed by atoms with Gasteiger partial charge in [0.1, 0.15) is 11.8 Å². The van der Waals surface area contributed by atoms with Crippen molar-refractivity contribution in [1.82, 2.24) is 0 Å². The summed E-state index contributed by atoms with van der Waals surface area (Å²) in [6, 6.07) is 4.97. The van der Waals surface area contributed by atoms with Crippen molar-refractivity contribution in [2.45, 2.75) is 18.5 Å². The summed E-state index contributed by atoms with van der Waals surface area (Å²) in [4.78, 5) is 24.2. The molecule has 1 aliphatic rings. The molecular formula is C12H14N2O4. The molecule has 1 aromatic carbocycles. The van der Waals surface area contributed by atoms with Crippen LogP contribution in [-0.2, 0) is 9.59 Å². The van der Waals surface area contributed by atoms with Crippen LogP contribution < -0.4 is 15.4 Å². The molecule has 0 unspecified atom stereocenters. The third-order valence-electron chi connectivity index (χ3n) is 2.98. The number of hydrogen-bond acceptors (Lipinski definition) is 4. The molecule has 1 heterocycles. The van der Waals surface area contributed by atoms with Gasteiger partial charge in [0.05, 0.1) is 13.2 Å². The second-order valence-electron chi connectivity index (χ2n) is 4.10. The summed E-state index contributed by atoms with van der Waals surface area (Å²) < 4.78 is 5.01. The summed E-state index contributed by atoms with van der Waals surface area (Å²) in [5, 5.41) is 9.11. The number of carboxylic acids is 1. The molecule has 0 aliphatic carbocycles. The van der Waals surface area contributed by atoms with Gasteiger partial charge in [-0.1, -0.05) is 0 Å². The molecule has 2 rings (SSSR count). The smallest absolute Gasteiger partial charge is 0.326 e. The van der Waals surface area contributed by atoms with Gasteiger partial charge in [0.15, 0.2) is 0 Å². The zero-order valence-electron chi connectivity index (χ0n) is 9.87. The Balaban J connectivity index is 2.33. The molecule has 0 aromatic heterocycles. The summed E-state index contributed by atoms with van der Waals surface area (Å²) in [5.74, 6) is -0.777. The number of anilines is 1. The van der Waals surface area contributed by atoms with Crippen LogP contribution >= 0.6 is 0 Å². The first-order valence-electron chi connectivity index (χ1n) is 5.50. The van der Waals surface area contributed by atoms with Crippen LogP contribution in [0, 0.1) is 0 Å². The fourth-order valence-corrected chi connectivity index (χ4v) is 2.04. The maximum atomic E-state index is 11.9. The lowest BCUT2D eigenvalue weighted by Gasteiger charge is -2.21. The molecule has 1 fully saturated rings. The summed E-state index contributed by atoms with van der Waals surface area (Å²) in [6.45, 7) is 0. The zero-order chi connectivity index (χ0) is 13.3. The molecule has 0 bridgehead atoms. The lowest BCUT2D eigenvalue weighted by Crippen LogP contribution is -2.40. The average Bonchev–Trinajstić information content (AvgIpc) is 2.66. The molecule has 1 amide bonds. The van der Waals surface area contributed by atoms with Gasteiger partial charge >= 0.3 is 5.97 Å². The Bertz CT molecular complexity index is 471. The number of carbonyl (C=O) groups excluding carboxylic acids is 1. The molecule has 2 atom stereocenters. The number of nitrogens with two attached hydrogens (primary N) is 1. The van der Waals surface area contributed by atoms with Gasteiger partial charge in [-0.2, -0.15) is 0 Å². The normalized spacial score (nSPS) is 23.2. The van der Waals surface area contributed by atoms with Crippen LogP contribution in [0.25, 0.3) is 0 Å². The minimum Gasteiger partial charge on any atom is -0.497 e. The van der Waals surface area contributed by atoms with Crippen LogP contribution in [-0.4, -0.2) is 36.2 Å². The Morgan fingerprint density at radius 3 is 2.56 bits per heavy atom. The van der Waals surface area contributed by atoms with Crippen molar-refractivity contribution in [2.75, 3.05) is 12.0 Å². The fourth-order valence-electron chi connectivity index (χ4n) is 2.04. The second-order valence-corrected chi connectivity index (χ2v) is 4.10. The van der Waals surface area contributed by atoms with Crippen LogP contribution in [0.5, 0.6) is 5.75 Å². The fraction of sp³-hybridized carbons (Fsp3) is 0.333. The van der Waals surface area contributed by atoms with E-state index in [-0.39, 0.29) is 12.3 Å². The maximum Gasteiger partial charge on any atom is 0.326 e. The first-order valence-corrected chi connectivity index (χ1v) is 5.50. The highest BCUT2D eigenvalue weighted by Crippen LogP contribution is 2.27. The average molecular weight is 250 g/mol. The molecule has 0 spiro atoms. The van der Waals surface area contributed by atoms with Crippen LogP contribution in [0.4, 0.5) is 5.69 Å². The Morgan fingerprint density at radius 1 is 1.44 bits per heavy atom. The molecule has 18 heavy (non-hydrogen) atoms. The molecular weight excluding hydrogens is 236 g/mol. The first-order chi connectivity index (χ1) is 8.54. The van der Waals surface area contributed by atoms with Crippen molar-refractivity contribution in [3.63, 3.8) is 0 Å². The summed E-state index contributed by atoms with van der Waals surface area (Å²) in [7, 11) is 1.53. The van der Waals surface area contributed by atoms with Gasteiger partial charge in [-0.05, 0) is 24.3 Å². The van der Waals surface area contributed by atoms with Crippen molar-refractivity contribution in [3.8, 4) is 5.75 Å². The highest BCUT2D eigenvalue weighted by Gasteiger charge is 2.42. The summed E-state index contributed by atoms with van der Waals surface area (Å²) in [6.07, 6.45) is 0.125. The van der Waals surface area contributed by atoms with Crippen LogP contribution in [0.1, 0.15) is 6.42 Å². The quantitative estimate of drug-likeness (QED) is 0.800. The largest absolute Gasteiger partial charge is 0.497 e. The number of rotatable bonds is 3. The zero-order valence-corrected chi connectivity index (χ0v) is 9.87. The van der Waals surface area contributed by atoms with Crippen molar-refractivity contribution in [3.05, 3.63) is 24.3 Å². The van der Waals surface area contributed by atoms with E-state index in [9.17, 15) is 9.59 Å². The third kappa shape index (κ3) is 2.02. The SMILES string of the molecule is COc1ccc(N2C(=O)[C@@H](N)C[C@@H]2C(=O)O)cc1. The van der Waals surface area contributed by atoms with Gasteiger partial charge in [-0.25, -0.2) is 4.79 Å².